The minimum Gasteiger partial charge on any atom is -0.481 e. The second-order valence-corrected chi connectivity index (χ2v) is 4.27. The lowest BCUT2D eigenvalue weighted by atomic mass is 10.1. The average Bonchev–Trinajstić information content (AvgIpc) is 2.38. The number of hydrogen-bond acceptors (Lipinski definition) is 3. The summed E-state index contributed by atoms with van der Waals surface area (Å²) in [6, 6.07) is 1.66. The van der Waals surface area contributed by atoms with E-state index in [9.17, 15) is 23.2 Å². The van der Waals surface area contributed by atoms with Crippen molar-refractivity contribution in [2.45, 2.75) is 25.3 Å². The standard InChI is InChI=1S/C13H13F2NO5/c14-8-2-1-3-9(15)7(8)6-11(17)16-10(13(20)21)4-5-12(18)19/h1-3,10H,4-6H2,(H,16,17)(H,18,19)(H,20,21)/t10-/m0/s1. The van der Waals surface area contributed by atoms with Gasteiger partial charge >= 0.3 is 11.9 Å². The number of carboxylic acids is 2. The molecule has 0 fully saturated rings. The van der Waals surface area contributed by atoms with Crippen LogP contribution >= 0.6 is 0 Å². The lowest BCUT2D eigenvalue weighted by Crippen LogP contribution is -2.42. The monoisotopic (exact) mass is 301 g/mol. The Morgan fingerprint density at radius 1 is 1.14 bits per heavy atom. The highest BCUT2D eigenvalue weighted by atomic mass is 19.1. The molecule has 1 aromatic rings. The molecule has 0 radical (unpaired) electrons. The number of carboxylic acid groups (broad SMARTS) is 2. The fourth-order valence-corrected chi connectivity index (χ4v) is 1.63. The van der Waals surface area contributed by atoms with Gasteiger partial charge in [0.15, 0.2) is 0 Å². The van der Waals surface area contributed by atoms with Gasteiger partial charge in [-0.25, -0.2) is 13.6 Å². The Morgan fingerprint density at radius 2 is 1.71 bits per heavy atom. The quantitative estimate of drug-likeness (QED) is 0.695. The van der Waals surface area contributed by atoms with Gasteiger partial charge in [0.2, 0.25) is 5.91 Å². The molecule has 8 heteroatoms. The Morgan fingerprint density at radius 3 is 2.19 bits per heavy atom. The van der Waals surface area contributed by atoms with Crippen molar-refractivity contribution in [1.29, 1.82) is 0 Å². The van der Waals surface area contributed by atoms with Gasteiger partial charge in [-0.2, -0.15) is 0 Å². The van der Waals surface area contributed by atoms with Crippen LogP contribution in [0.2, 0.25) is 0 Å². The first-order valence-electron chi connectivity index (χ1n) is 5.98. The number of carbonyl (C=O) groups is 3. The summed E-state index contributed by atoms with van der Waals surface area (Å²) in [7, 11) is 0. The largest absolute Gasteiger partial charge is 0.481 e. The minimum absolute atomic E-state index is 0.323. The summed E-state index contributed by atoms with van der Waals surface area (Å²) in [6.07, 6.45) is -1.45. The van der Waals surface area contributed by atoms with E-state index in [4.69, 9.17) is 10.2 Å². The first-order chi connectivity index (χ1) is 9.81. The molecule has 0 unspecified atom stereocenters. The number of rotatable bonds is 7. The molecule has 0 saturated heterocycles. The van der Waals surface area contributed by atoms with Crippen molar-refractivity contribution in [2.75, 3.05) is 0 Å². The van der Waals surface area contributed by atoms with Crippen LogP contribution in [0.25, 0.3) is 0 Å². The summed E-state index contributed by atoms with van der Waals surface area (Å²) >= 11 is 0. The van der Waals surface area contributed by atoms with Crippen molar-refractivity contribution >= 4 is 17.8 Å². The third-order valence-corrected chi connectivity index (χ3v) is 2.68. The number of aliphatic carboxylic acids is 2. The normalized spacial score (nSPS) is 11.7. The Kier molecular flexibility index (Phi) is 5.77. The summed E-state index contributed by atoms with van der Waals surface area (Å²) in [5, 5.41) is 19.4. The van der Waals surface area contributed by atoms with Crippen molar-refractivity contribution in [3.8, 4) is 0 Å². The predicted molar refractivity (Wildman–Crippen MR) is 66.5 cm³/mol. The molecule has 0 aromatic heterocycles. The van der Waals surface area contributed by atoms with Gasteiger partial charge < -0.3 is 15.5 Å². The number of benzene rings is 1. The number of amides is 1. The van der Waals surface area contributed by atoms with Crippen LogP contribution in [0.15, 0.2) is 18.2 Å². The van der Waals surface area contributed by atoms with Gasteiger partial charge in [0.05, 0.1) is 6.42 Å². The van der Waals surface area contributed by atoms with E-state index in [1.165, 1.54) is 0 Å². The molecule has 21 heavy (non-hydrogen) atoms. The van der Waals surface area contributed by atoms with E-state index < -0.39 is 53.9 Å². The molecule has 1 rings (SSSR count). The molecular formula is C13H13F2NO5. The fourth-order valence-electron chi connectivity index (χ4n) is 1.63. The summed E-state index contributed by atoms with van der Waals surface area (Å²) < 4.78 is 26.7. The van der Waals surface area contributed by atoms with E-state index in [-0.39, 0.29) is 6.42 Å². The molecule has 0 heterocycles. The second kappa shape index (κ2) is 7.32. The summed E-state index contributed by atoms with van der Waals surface area (Å²) in [6.45, 7) is 0. The smallest absolute Gasteiger partial charge is 0.326 e. The van der Waals surface area contributed by atoms with Gasteiger partial charge in [-0.3, -0.25) is 9.59 Å². The Labute approximate surface area is 118 Å². The van der Waals surface area contributed by atoms with Gasteiger partial charge in [0, 0.05) is 12.0 Å². The molecule has 0 aliphatic rings. The minimum atomic E-state index is -1.43. The van der Waals surface area contributed by atoms with Crippen LogP contribution in [-0.2, 0) is 20.8 Å². The van der Waals surface area contributed by atoms with Crippen molar-refractivity contribution in [3.05, 3.63) is 35.4 Å². The average molecular weight is 301 g/mol. The van der Waals surface area contributed by atoms with E-state index in [0.29, 0.717) is 0 Å². The van der Waals surface area contributed by atoms with Crippen LogP contribution in [0.5, 0.6) is 0 Å². The van der Waals surface area contributed by atoms with Crippen LogP contribution in [0, 0.1) is 11.6 Å². The maximum absolute atomic E-state index is 13.3. The third-order valence-electron chi connectivity index (χ3n) is 2.68. The first kappa shape index (κ1) is 16.5. The van der Waals surface area contributed by atoms with Crippen molar-refractivity contribution in [3.63, 3.8) is 0 Å². The van der Waals surface area contributed by atoms with E-state index in [2.05, 4.69) is 0 Å². The van der Waals surface area contributed by atoms with Gasteiger partial charge in [-0.1, -0.05) is 6.07 Å². The Balaban J connectivity index is 2.70. The molecule has 3 N–H and O–H groups in total. The molecule has 1 amide bonds. The molecule has 0 saturated carbocycles. The Bertz CT molecular complexity index is 541. The molecule has 0 spiro atoms. The van der Waals surface area contributed by atoms with E-state index >= 15 is 0 Å². The van der Waals surface area contributed by atoms with E-state index in [0.717, 1.165) is 18.2 Å². The zero-order valence-electron chi connectivity index (χ0n) is 10.8. The summed E-state index contributed by atoms with van der Waals surface area (Å²) in [5.74, 6) is -5.36. The van der Waals surface area contributed by atoms with Gasteiger partial charge in [-0.05, 0) is 18.6 Å². The maximum Gasteiger partial charge on any atom is 0.326 e. The topological polar surface area (TPSA) is 104 Å². The van der Waals surface area contributed by atoms with Crippen LogP contribution in [0.1, 0.15) is 18.4 Å². The fraction of sp³-hybridized carbons (Fsp3) is 0.308. The highest BCUT2D eigenvalue weighted by Crippen LogP contribution is 2.12. The predicted octanol–water partition coefficient (Wildman–Crippen LogP) is 0.942. The number of halogens is 2. The van der Waals surface area contributed by atoms with E-state index in [1.807, 2.05) is 5.32 Å². The molecule has 114 valence electrons. The maximum atomic E-state index is 13.3. The zero-order chi connectivity index (χ0) is 16.0. The van der Waals surface area contributed by atoms with Gasteiger partial charge in [-0.15, -0.1) is 0 Å². The SMILES string of the molecule is O=C(O)CC[C@H](NC(=O)Cc1c(F)cccc1F)C(=O)O. The molecule has 1 aromatic carbocycles. The zero-order valence-corrected chi connectivity index (χ0v) is 10.8. The van der Waals surface area contributed by atoms with Crippen molar-refractivity contribution in [1.82, 2.24) is 5.32 Å². The van der Waals surface area contributed by atoms with Crippen molar-refractivity contribution < 1.29 is 33.4 Å². The van der Waals surface area contributed by atoms with Crippen LogP contribution in [0.4, 0.5) is 8.78 Å². The van der Waals surface area contributed by atoms with Crippen LogP contribution in [-0.4, -0.2) is 34.1 Å². The van der Waals surface area contributed by atoms with Gasteiger partial charge in [0.1, 0.15) is 17.7 Å². The summed E-state index contributed by atoms with van der Waals surface area (Å²) in [4.78, 5) is 32.9. The molecule has 1 atom stereocenters. The van der Waals surface area contributed by atoms with Crippen molar-refractivity contribution in [2.24, 2.45) is 0 Å². The van der Waals surface area contributed by atoms with Crippen LogP contribution in [0.3, 0.4) is 0 Å². The molecule has 0 bridgehead atoms. The molecular weight excluding hydrogens is 288 g/mol. The number of carbonyl (C=O) groups excluding carboxylic acids is 1. The molecule has 0 aliphatic heterocycles. The lowest BCUT2D eigenvalue weighted by molar-refractivity contribution is -0.143. The first-order valence-corrected chi connectivity index (χ1v) is 5.98. The summed E-state index contributed by atoms with van der Waals surface area (Å²) in [5.41, 5.74) is -0.475. The lowest BCUT2D eigenvalue weighted by Gasteiger charge is -2.13. The Hall–Kier alpha value is -2.51. The highest BCUT2D eigenvalue weighted by Gasteiger charge is 2.22. The number of nitrogens with one attached hydrogen (secondary N) is 1. The molecule has 6 nitrogen and oxygen atoms in total. The molecule has 0 aliphatic carbocycles. The third kappa shape index (κ3) is 5.17. The van der Waals surface area contributed by atoms with Crippen LogP contribution < -0.4 is 5.32 Å². The highest BCUT2D eigenvalue weighted by molar-refractivity contribution is 5.85. The second-order valence-electron chi connectivity index (χ2n) is 4.27. The van der Waals surface area contributed by atoms with E-state index in [1.54, 1.807) is 0 Å². The number of hydrogen-bond donors (Lipinski definition) is 3. The van der Waals surface area contributed by atoms with Gasteiger partial charge in [0.25, 0.3) is 0 Å².